The van der Waals surface area contributed by atoms with E-state index in [-0.39, 0.29) is 29.8 Å². The van der Waals surface area contributed by atoms with Gasteiger partial charge in [-0.1, -0.05) is 12.5 Å². The van der Waals surface area contributed by atoms with Crippen LogP contribution in [0.15, 0.2) is 36.5 Å². The van der Waals surface area contributed by atoms with Gasteiger partial charge in [-0.3, -0.25) is 9.78 Å². The second-order valence-electron chi connectivity index (χ2n) is 7.29. The number of fused-ring (bicyclic) bond motifs is 2. The number of nitrogens with zero attached hydrogens (tertiary/aromatic N) is 1. The van der Waals surface area contributed by atoms with Crippen molar-refractivity contribution in [2.75, 3.05) is 11.1 Å². The first-order valence-electron chi connectivity index (χ1n) is 9.36. The quantitative estimate of drug-likeness (QED) is 0.501. The highest BCUT2D eigenvalue weighted by molar-refractivity contribution is 7.92. The van der Waals surface area contributed by atoms with Crippen molar-refractivity contribution in [2.24, 2.45) is 0 Å². The van der Waals surface area contributed by atoms with Gasteiger partial charge in [-0.25, -0.2) is 13.2 Å². The number of nitrogens with one attached hydrogen (secondary N) is 3. The number of pyridine rings is 1. The highest BCUT2D eigenvalue weighted by atomic mass is 32.2. The molecule has 3 heterocycles. The summed E-state index contributed by atoms with van der Waals surface area (Å²) in [6.45, 7) is 0. The van der Waals surface area contributed by atoms with Gasteiger partial charge in [0.15, 0.2) is 9.84 Å². The summed E-state index contributed by atoms with van der Waals surface area (Å²) < 4.78 is 24.6. The first-order chi connectivity index (χ1) is 13.4. The monoisotopic (exact) mass is 402 g/mol. The highest BCUT2D eigenvalue weighted by Gasteiger charge is 2.51. The molecule has 3 amide bonds. The maximum atomic E-state index is 12.3. The summed E-state index contributed by atoms with van der Waals surface area (Å²) >= 11 is 0. The number of sulfone groups is 1. The molecule has 3 N–H and O–H groups in total. The summed E-state index contributed by atoms with van der Waals surface area (Å²) in [5.41, 5.74) is 1.53. The number of aromatic nitrogens is 1. The molecule has 1 aromatic carbocycles. The average molecular weight is 402 g/mol. The van der Waals surface area contributed by atoms with E-state index in [4.69, 9.17) is 0 Å². The van der Waals surface area contributed by atoms with Crippen LogP contribution in [0, 0.1) is 0 Å². The number of carbonyl (C=O) groups is 2. The van der Waals surface area contributed by atoms with Gasteiger partial charge in [0.05, 0.1) is 34.3 Å². The van der Waals surface area contributed by atoms with Gasteiger partial charge in [-0.15, -0.1) is 0 Å². The molecule has 9 heteroatoms. The summed E-state index contributed by atoms with van der Waals surface area (Å²) in [5.74, 6) is -0.129. The topological polar surface area (TPSA) is 117 Å². The Labute approximate surface area is 163 Å². The first kappa shape index (κ1) is 18.7. The van der Waals surface area contributed by atoms with Crippen molar-refractivity contribution in [3.8, 4) is 0 Å². The van der Waals surface area contributed by atoms with Crippen molar-refractivity contribution >= 4 is 38.4 Å². The zero-order chi connectivity index (χ0) is 19.7. The van der Waals surface area contributed by atoms with E-state index < -0.39 is 15.1 Å². The second kappa shape index (κ2) is 7.38. The fraction of sp³-hybridized carbons (Fsp3) is 0.421. The number of anilines is 1. The van der Waals surface area contributed by atoms with E-state index in [2.05, 4.69) is 20.9 Å². The van der Waals surface area contributed by atoms with E-state index in [9.17, 15) is 18.0 Å². The van der Waals surface area contributed by atoms with Gasteiger partial charge < -0.3 is 16.0 Å². The van der Waals surface area contributed by atoms with Crippen LogP contribution in [0.1, 0.15) is 25.7 Å². The Morgan fingerprint density at radius 3 is 2.89 bits per heavy atom. The normalized spacial score (nSPS) is 25.1. The van der Waals surface area contributed by atoms with E-state index in [0.717, 1.165) is 16.6 Å². The van der Waals surface area contributed by atoms with Gasteiger partial charge in [-0.2, -0.15) is 0 Å². The van der Waals surface area contributed by atoms with Crippen molar-refractivity contribution in [1.82, 2.24) is 15.6 Å². The van der Waals surface area contributed by atoms with Crippen LogP contribution in [0.2, 0.25) is 0 Å². The molecule has 0 radical (unpaired) electrons. The Kier molecular flexibility index (Phi) is 4.92. The van der Waals surface area contributed by atoms with E-state index in [1.807, 2.05) is 30.3 Å². The average Bonchev–Trinajstić information content (AvgIpc) is 3.10. The summed E-state index contributed by atoms with van der Waals surface area (Å²) in [7, 11) is -3.23. The highest BCUT2D eigenvalue weighted by Crippen LogP contribution is 2.28. The van der Waals surface area contributed by atoms with Crippen LogP contribution < -0.4 is 16.0 Å². The molecule has 28 heavy (non-hydrogen) atoms. The molecule has 2 saturated heterocycles. The zero-order valence-electron chi connectivity index (χ0n) is 15.2. The summed E-state index contributed by atoms with van der Waals surface area (Å²) in [5, 5.41) is 8.57. The summed E-state index contributed by atoms with van der Waals surface area (Å²) in [6.07, 6.45) is 3.64. The van der Waals surface area contributed by atoms with Crippen molar-refractivity contribution in [2.45, 2.75) is 43.0 Å². The number of benzene rings is 1. The van der Waals surface area contributed by atoms with Crippen LogP contribution >= 0.6 is 0 Å². The molecule has 2 fully saturated rings. The predicted octanol–water partition coefficient (Wildman–Crippen LogP) is 1.58. The van der Waals surface area contributed by atoms with E-state index in [1.165, 1.54) is 0 Å². The number of rotatable bonds is 6. The Bertz CT molecular complexity index is 1020. The fourth-order valence-electron chi connectivity index (χ4n) is 4.06. The van der Waals surface area contributed by atoms with Crippen molar-refractivity contribution in [3.63, 3.8) is 0 Å². The van der Waals surface area contributed by atoms with Crippen LogP contribution in [-0.4, -0.2) is 48.4 Å². The first-order valence-corrected chi connectivity index (χ1v) is 11.1. The van der Waals surface area contributed by atoms with Crippen molar-refractivity contribution in [3.05, 3.63) is 36.5 Å². The van der Waals surface area contributed by atoms with Gasteiger partial charge in [0.1, 0.15) is 0 Å². The third kappa shape index (κ3) is 3.66. The maximum Gasteiger partial charge on any atom is 0.315 e. The molecule has 1 aromatic heterocycles. The van der Waals surface area contributed by atoms with E-state index in [0.29, 0.717) is 25.7 Å². The number of urea groups is 1. The third-order valence-electron chi connectivity index (χ3n) is 5.38. The SMILES string of the molecule is O=C(CCCC[C@@H]1[C@@H]2NC(=O)N[C@@H]2CS1(=O)=O)Nc1cccc2ncccc12. The lowest BCUT2D eigenvalue weighted by molar-refractivity contribution is -0.116. The number of hydrogen-bond donors (Lipinski definition) is 3. The van der Waals surface area contributed by atoms with Gasteiger partial charge in [0.2, 0.25) is 5.91 Å². The molecule has 0 saturated carbocycles. The molecule has 2 aliphatic rings. The minimum absolute atomic E-state index is 0.0172. The molecule has 0 spiro atoms. The largest absolute Gasteiger partial charge is 0.332 e. The Balaban J connectivity index is 1.29. The lowest BCUT2D eigenvalue weighted by Gasteiger charge is -2.16. The van der Waals surface area contributed by atoms with Crippen LogP contribution in [0.3, 0.4) is 0 Å². The molecule has 148 valence electrons. The molecule has 2 aliphatic heterocycles. The van der Waals surface area contributed by atoms with Crippen molar-refractivity contribution < 1.29 is 18.0 Å². The minimum atomic E-state index is -3.23. The summed E-state index contributed by atoms with van der Waals surface area (Å²) in [6, 6.07) is 8.28. The lowest BCUT2D eigenvalue weighted by atomic mass is 10.0. The molecule has 3 atom stereocenters. The lowest BCUT2D eigenvalue weighted by Crippen LogP contribution is -2.39. The molecule has 4 rings (SSSR count). The minimum Gasteiger partial charge on any atom is -0.332 e. The predicted molar refractivity (Wildman–Crippen MR) is 106 cm³/mol. The zero-order valence-corrected chi connectivity index (χ0v) is 16.0. The molecule has 8 nitrogen and oxygen atoms in total. The Morgan fingerprint density at radius 1 is 1.18 bits per heavy atom. The van der Waals surface area contributed by atoms with Crippen LogP contribution in [0.25, 0.3) is 10.9 Å². The van der Waals surface area contributed by atoms with Crippen LogP contribution in [0.5, 0.6) is 0 Å². The smallest absolute Gasteiger partial charge is 0.315 e. The van der Waals surface area contributed by atoms with Gasteiger partial charge in [0.25, 0.3) is 0 Å². The number of amides is 3. The Morgan fingerprint density at radius 2 is 2.04 bits per heavy atom. The maximum absolute atomic E-state index is 12.3. The van der Waals surface area contributed by atoms with E-state index in [1.54, 1.807) is 6.20 Å². The number of hydrogen-bond acceptors (Lipinski definition) is 5. The Hall–Kier alpha value is -2.68. The van der Waals surface area contributed by atoms with Gasteiger partial charge >= 0.3 is 6.03 Å². The third-order valence-corrected chi connectivity index (χ3v) is 7.66. The summed E-state index contributed by atoms with van der Waals surface area (Å²) in [4.78, 5) is 28.0. The molecule has 0 aliphatic carbocycles. The fourth-order valence-corrected chi connectivity index (χ4v) is 6.33. The number of unbranched alkanes of at least 4 members (excludes halogenated alkanes) is 1. The number of carbonyl (C=O) groups excluding carboxylic acids is 2. The van der Waals surface area contributed by atoms with Crippen LogP contribution in [0.4, 0.5) is 10.5 Å². The van der Waals surface area contributed by atoms with Gasteiger partial charge in [-0.05, 0) is 37.1 Å². The van der Waals surface area contributed by atoms with E-state index >= 15 is 0 Å². The molecule has 2 aromatic rings. The van der Waals surface area contributed by atoms with Crippen LogP contribution in [-0.2, 0) is 14.6 Å². The molecule has 0 bridgehead atoms. The van der Waals surface area contributed by atoms with Crippen molar-refractivity contribution in [1.29, 1.82) is 0 Å². The standard InChI is InChI=1S/C19H22N4O4S/c24-17(21-14-7-3-6-13-12(14)5-4-10-20-13)9-2-1-8-16-18-15(11-28(16,26)27)22-19(25)23-18/h3-7,10,15-16,18H,1-2,8-9,11H2,(H,21,24)(H2,22,23,25)/t15-,16-,18-/m1/s1. The second-order valence-corrected chi connectivity index (χ2v) is 9.55. The molecular weight excluding hydrogens is 380 g/mol. The molecule has 0 unspecified atom stereocenters. The molecular formula is C19H22N4O4S. The van der Waals surface area contributed by atoms with Gasteiger partial charge in [0, 0.05) is 18.0 Å².